The van der Waals surface area contributed by atoms with Crippen LogP contribution in [0.15, 0.2) is 57.3 Å². The molecule has 1 aliphatic heterocycles. The van der Waals surface area contributed by atoms with Crippen molar-refractivity contribution in [3.05, 3.63) is 58.6 Å². The molecule has 0 saturated carbocycles. The van der Waals surface area contributed by atoms with E-state index in [0.29, 0.717) is 55.1 Å². The molecule has 1 N–H and O–H groups in total. The number of fused-ring (bicyclic) bond motifs is 2. The summed E-state index contributed by atoms with van der Waals surface area (Å²) in [6, 6.07) is 12.3. The lowest BCUT2D eigenvalue weighted by atomic mass is 10.2. The number of hydrogen-bond donors (Lipinski definition) is 1. The zero-order valence-corrected chi connectivity index (χ0v) is 20.5. The Labute approximate surface area is 201 Å². The number of rotatable bonds is 6. The predicted octanol–water partition coefficient (Wildman–Crippen LogP) is 3.17. The van der Waals surface area contributed by atoms with Gasteiger partial charge >= 0.3 is 0 Å². The number of imidazole rings is 1. The van der Waals surface area contributed by atoms with Gasteiger partial charge < -0.3 is 14.3 Å². The Hall–Kier alpha value is -2.73. The number of nitrogens with one attached hydrogen (secondary N) is 1. The van der Waals surface area contributed by atoms with E-state index < -0.39 is 10.0 Å². The normalized spacial score (nSPS) is 16.3. The molecule has 0 radical (unpaired) electrons. The molecule has 9 nitrogen and oxygen atoms in total. The fraction of sp³-hybridized carbons (Fsp3) is 0.348. The van der Waals surface area contributed by atoms with Crippen molar-refractivity contribution in [2.24, 2.45) is 0 Å². The third-order valence-corrected chi connectivity index (χ3v) is 8.90. The summed E-state index contributed by atoms with van der Waals surface area (Å²) in [6.45, 7) is 6.14. The van der Waals surface area contributed by atoms with E-state index in [4.69, 9.17) is 9.72 Å². The highest BCUT2D eigenvalue weighted by molar-refractivity contribution is 7.99. The molecule has 2 aromatic heterocycles. The van der Waals surface area contributed by atoms with Crippen LogP contribution in [0.4, 0.5) is 0 Å². The second-order valence-corrected chi connectivity index (χ2v) is 11.3. The van der Waals surface area contributed by atoms with Crippen molar-refractivity contribution in [1.29, 1.82) is 0 Å². The molecule has 1 atom stereocenters. The average molecular weight is 500 g/mol. The van der Waals surface area contributed by atoms with Gasteiger partial charge in [0.05, 0.1) is 45.3 Å². The van der Waals surface area contributed by atoms with Crippen molar-refractivity contribution in [3.8, 4) is 0 Å². The molecule has 2 aromatic carbocycles. The van der Waals surface area contributed by atoms with E-state index in [9.17, 15) is 13.2 Å². The van der Waals surface area contributed by atoms with Gasteiger partial charge in [0.2, 0.25) is 10.0 Å². The quantitative estimate of drug-likeness (QED) is 0.406. The molecule has 0 bridgehead atoms. The zero-order chi connectivity index (χ0) is 23.9. The van der Waals surface area contributed by atoms with Crippen LogP contribution in [0.3, 0.4) is 0 Å². The Morgan fingerprint density at radius 3 is 2.65 bits per heavy atom. The van der Waals surface area contributed by atoms with Gasteiger partial charge in [-0.1, -0.05) is 23.9 Å². The Kier molecular flexibility index (Phi) is 6.19. The van der Waals surface area contributed by atoms with Crippen LogP contribution in [0.25, 0.3) is 21.9 Å². The van der Waals surface area contributed by atoms with Gasteiger partial charge in [0.25, 0.3) is 5.56 Å². The van der Waals surface area contributed by atoms with Gasteiger partial charge in [-0.3, -0.25) is 4.79 Å². The standard InChI is InChI=1S/C23H25N5O4S2/c1-3-28-20-9-8-16(34(30,31)27-10-12-32-13-11-27)14-19(20)25-23(28)33-15(2)21-24-18-7-5-4-6-17(18)22(29)26-21/h4-9,14-15H,3,10-13H2,1-2H3,(H,24,26,29)/t15-/m1/s1. The molecule has 0 unspecified atom stereocenters. The largest absolute Gasteiger partial charge is 0.379 e. The summed E-state index contributed by atoms with van der Waals surface area (Å²) in [7, 11) is -3.61. The molecule has 34 heavy (non-hydrogen) atoms. The van der Waals surface area contributed by atoms with Crippen LogP contribution >= 0.6 is 11.8 Å². The summed E-state index contributed by atoms with van der Waals surface area (Å²) >= 11 is 1.48. The van der Waals surface area contributed by atoms with Crippen LogP contribution in [-0.4, -0.2) is 58.5 Å². The number of benzene rings is 2. The smallest absolute Gasteiger partial charge is 0.258 e. The minimum atomic E-state index is -3.61. The summed E-state index contributed by atoms with van der Waals surface area (Å²) in [5.41, 5.74) is 1.95. The molecular formula is C23H25N5O4S2. The first kappa shape index (κ1) is 23.0. The van der Waals surface area contributed by atoms with Crippen LogP contribution in [0.2, 0.25) is 0 Å². The Balaban J connectivity index is 1.48. The van der Waals surface area contributed by atoms with Crippen LogP contribution in [0.1, 0.15) is 24.9 Å². The molecule has 1 aliphatic rings. The van der Waals surface area contributed by atoms with E-state index in [1.165, 1.54) is 16.1 Å². The highest BCUT2D eigenvalue weighted by Crippen LogP contribution is 2.35. The van der Waals surface area contributed by atoms with Crippen molar-refractivity contribution >= 4 is 43.7 Å². The molecule has 178 valence electrons. The molecule has 5 rings (SSSR count). The molecule has 0 aliphatic carbocycles. The number of aryl methyl sites for hydroxylation is 1. The van der Waals surface area contributed by atoms with Gasteiger partial charge in [0, 0.05) is 19.6 Å². The number of para-hydroxylation sites is 1. The summed E-state index contributed by atoms with van der Waals surface area (Å²) in [5, 5.41) is 1.12. The number of hydrogen-bond acceptors (Lipinski definition) is 7. The Bertz CT molecular complexity index is 1520. The summed E-state index contributed by atoms with van der Waals surface area (Å²) < 4.78 is 34.9. The summed E-state index contributed by atoms with van der Waals surface area (Å²) in [5.74, 6) is 0.569. The first-order valence-electron chi connectivity index (χ1n) is 11.1. The minimum Gasteiger partial charge on any atom is -0.379 e. The highest BCUT2D eigenvalue weighted by Gasteiger charge is 2.27. The molecule has 4 aromatic rings. The van der Waals surface area contributed by atoms with Crippen LogP contribution in [0, 0.1) is 0 Å². The molecule has 0 spiro atoms. The number of H-pyrrole nitrogens is 1. The zero-order valence-electron chi connectivity index (χ0n) is 18.9. The van der Waals surface area contributed by atoms with E-state index in [1.807, 2.05) is 42.7 Å². The topological polar surface area (TPSA) is 110 Å². The first-order valence-corrected chi connectivity index (χ1v) is 13.4. The van der Waals surface area contributed by atoms with E-state index in [2.05, 4.69) is 9.97 Å². The van der Waals surface area contributed by atoms with Gasteiger partial charge in [-0.15, -0.1) is 0 Å². The number of aromatic amines is 1. The fourth-order valence-corrected chi connectivity index (χ4v) is 6.56. The Morgan fingerprint density at radius 1 is 1.12 bits per heavy atom. The minimum absolute atomic E-state index is 0.170. The number of thioether (sulfide) groups is 1. The van der Waals surface area contributed by atoms with E-state index in [0.717, 1.165) is 10.7 Å². The lowest BCUT2D eigenvalue weighted by Crippen LogP contribution is -2.40. The fourth-order valence-electron chi connectivity index (χ4n) is 4.09. The third-order valence-electron chi connectivity index (χ3n) is 5.91. The van der Waals surface area contributed by atoms with Crippen LogP contribution in [0.5, 0.6) is 0 Å². The van der Waals surface area contributed by atoms with Gasteiger partial charge in [-0.2, -0.15) is 4.31 Å². The molecular weight excluding hydrogens is 474 g/mol. The molecule has 0 amide bonds. The van der Waals surface area contributed by atoms with Crippen molar-refractivity contribution in [1.82, 2.24) is 23.8 Å². The van der Waals surface area contributed by atoms with Gasteiger partial charge in [0.1, 0.15) is 5.82 Å². The highest BCUT2D eigenvalue weighted by atomic mass is 32.2. The average Bonchev–Trinajstić information content (AvgIpc) is 3.20. The second kappa shape index (κ2) is 9.14. The van der Waals surface area contributed by atoms with Gasteiger partial charge in [0.15, 0.2) is 5.16 Å². The lowest BCUT2D eigenvalue weighted by molar-refractivity contribution is 0.0730. The van der Waals surface area contributed by atoms with E-state index >= 15 is 0 Å². The van der Waals surface area contributed by atoms with Gasteiger partial charge in [-0.25, -0.2) is 18.4 Å². The summed E-state index contributed by atoms with van der Waals surface area (Å²) in [4.78, 5) is 25.0. The van der Waals surface area contributed by atoms with Crippen LogP contribution in [-0.2, 0) is 21.3 Å². The first-order chi connectivity index (χ1) is 16.4. The van der Waals surface area contributed by atoms with Crippen LogP contribution < -0.4 is 5.56 Å². The molecule has 3 heterocycles. The molecule has 1 fully saturated rings. The van der Waals surface area contributed by atoms with E-state index in [1.54, 1.807) is 18.2 Å². The van der Waals surface area contributed by atoms with Crippen molar-refractivity contribution < 1.29 is 13.2 Å². The number of ether oxygens (including phenoxy) is 1. The monoisotopic (exact) mass is 499 g/mol. The lowest BCUT2D eigenvalue weighted by Gasteiger charge is -2.26. The van der Waals surface area contributed by atoms with Crippen molar-refractivity contribution in [2.45, 2.75) is 35.7 Å². The maximum atomic E-state index is 13.1. The van der Waals surface area contributed by atoms with Gasteiger partial charge in [-0.05, 0) is 44.2 Å². The maximum absolute atomic E-state index is 13.1. The number of nitrogens with zero attached hydrogens (tertiary/aromatic N) is 4. The second-order valence-electron chi connectivity index (χ2n) is 8.03. The molecule has 1 saturated heterocycles. The number of aromatic nitrogens is 4. The van der Waals surface area contributed by atoms with Crippen molar-refractivity contribution in [2.75, 3.05) is 26.3 Å². The van der Waals surface area contributed by atoms with Crippen molar-refractivity contribution in [3.63, 3.8) is 0 Å². The third kappa shape index (κ3) is 4.13. The maximum Gasteiger partial charge on any atom is 0.258 e. The Morgan fingerprint density at radius 2 is 1.88 bits per heavy atom. The number of morpholine rings is 1. The number of sulfonamides is 1. The SMILES string of the molecule is CCn1c(S[C@H](C)c2nc3ccccc3c(=O)[nH]2)nc2cc(S(=O)(=O)N3CCOCC3)ccc21. The predicted molar refractivity (Wildman–Crippen MR) is 132 cm³/mol. The molecule has 11 heteroatoms. The van der Waals surface area contributed by atoms with E-state index in [-0.39, 0.29) is 15.7 Å². The summed E-state index contributed by atoms with van der Waals surface area (Å²) in [6.07, 6.45) is 0.